The number of aryl methyl sites for hydroxylation is 1. The molecule has 184 valence electrons. The Morgan fingerprint density at radius 2 is 1.75 bits per heavy atom. The molecule has 0 amide bonds. The number of hydrogen-bond donors (Lipinski definition) is 1. The van der Waals surface area contributed by atoms with Crippen molar-refractivity contribution < 1.29 is 14.2 Å². The van der Waals surface area contributed by atoms with Crippen LogP contribution in [0.2, 0.25) is 0 Å². The first-order valence-corrected chi connectivity index (χ1v) is 12.2. The van der Waals surface area contributed by atoms with Crippen LogP contribution in [0.4, 0.5) is 5.13 Å². The number of pyridine rings is 1. The molecule has 0 fully saturated rings. The average molecular weight is 501 g/mol. The largest absolute Gasteiger partial charge is 0.497 e. The van der Waals surface area contributed by atoms with Gasteiger partial charge in [0.1, 0.15) is 11.4 Å². The van der Waals surface area contributed by atoms with E-state index in [1.807, 2.05) is 75.4 Å². The SMILES string of the molecule is COc1ccc(C(OC)OC(C)(C)c2cc(-c3sc(N)nc3-c3cccc(C#N)c3)cc(C)n2)cc1. The summed E-state index contributed by atoms with van der Waals surface area (Å²) in [5.41, 5.74) is 10.9. The van der Waals surface area contributed by atoms with E-state index in [0.717, 1.165) is 44.4 Å². The van der Waals surface area contributed by atoms with Crippen molar-refractivity contribution in [2.75, 3.05) is 20.0 Å². The number of nitrogen functional groups attached to an aromatic ring is 1. The molecule has 0 radical (unpaired) electrons. The molecule has 0 saturated carbocycles. The maximum Gasteiger partial charge on any atom is 0.184 e. The van der Waals surface area contributed by atoms with Crippen LogP contribution in [0, 0.1) is 18.3 Å². The molecular formula is C28H28N4O3S. The fourth-order valence-electron chi connectivity index (χ4n) is 3.91. The van der Waals surface area contributed by atoms with Crippen LogP contribution < -0.4 is 10.5 Å². The number of nitrogens with zero attached hydrogens (tertiary/aromatic N) is 3. The van der Waals surface area contributed by atoms with Crippen molar-refractivity contribution in [2.24, 2.45) is 0 Å². The molecule has 1 atom stereocenters. The van der Waals surface area contributed by atoms with Crippen LogP contribution >= 0.6 is 11.3 Å². The number of anilines is 1. The highest BCUT2D eigenvalue weighted by molar-refractivity contribution is 7.19. The smallest absolute Gasteiger partial charge is 0.184 e. The van der Waals surface area contributed by atoms with Gasteiger partial charge in [-0.3, -0.25) is 4.98 Å². The Morgan fingerprint density at radius 1 is 1.00 bits per heavy atom. The number of nitriles is 1. The molecule has 36 heavy (non-hydrogen) atoms. The summed E-state index contributed by atoms with van der Waals surface area (Å²) in [4.78, 5) is 10.3. The minimum atomic E-state index is -0.779. The van der Waals surface area contributed by atoms with E-state index in [9.17, 15) is 5.26 Å². The van der Waals surface area contributed by atoms with Crippen molar-refractivity contribution in [2.45, 2.75) is 32.7 Å². The zero-order chi connectivity index (χ0) is 25.9. The number of methoxy groups -OCH3 is 2. The summed E-state index contributed by atoms with van der Waals surface area (Å²) in [7, 11) is 3.24. The summed E-state index contributed by atoms with van der Waals surface area (Å²) < 4.78 is 17.4. The first-order chi connectivity index (χ1) is 17.2. The van der Waals surface area contributed by atoms with Crippen molar-refractivity contribution in [1.82, 2.24) is 9.97 Å². The van der Waals surface area contributed by atoms with Gasteiger partial charge in [-0.25, -0.2) is 4.98 Å². The van der Waals surface area contributed by atoms with E-state index in [2.05, 4.69) is 11.1 Å². The highest BCUT2D eigenvalue weighted by atomic mass is 32.1. The molecule has 0 spiro atoms. The first kappa shape index (κ1) is 25.3. The summed E-state index contributed by atoms with van der Waals surface area (Å²) in [6, 6.07) is 21.1. The van der Waals surface area contributed by atoms with E-state index < -0.39 is 11.9 Å². The Balaban J connectivity index is 1.71. The van der Waals surface area contributed by atoms with Crippen molar-refractivity contribution in [1.29, 1.82) is 5.26 Å². The number of benzene rings is 2. The first-order valence-electron chi connectivity index (χ1n) is 11.3. The predicted octanol–water partition coefficient (Wildman–Crippen LogP) is 6.24. The summed E-state index contributed by atoms with van der Waals surface area (Å²) in [5, 5.41) is 9.78. The molecule has 0 aliphatic rings. The van der Waals surface area contributed by atoms with Crippen LogP contribution in [0.5, 0.6) is 5.75 Å². The van der Waals surface area contributed by atoms with Gasteiger partial charge in [-0.2, -0.15) is 5.26 Å². The van der Waals surface area contributed by atoms with Gasteiger partial charge in [-0.1, -0.05) is 35.6 Å². The lowest BCUT2D eigenvalue weighted by atomic mass is 9.99. The van der Waals surface area contributed by atoms with Gasteiger partial charge in [0.25, 0.3) is 0 Å². The molecule has 0 aliphatic heterocycles. The third-order valence-electron chi connectivity index (χ3n) is 5.74. The molecule has 2 heterocycles. The minimum absolute atomic E-state index is 0.452. The van der Waals surface area contributed by atoms with Gasteiger partial charge in [0, 0.05) is 23.9 Å². The number of ether oxygens (including phenoxy) is 3. The molecule has 8 heteroatoms. The summed E-state index contributed by atoms with van der Waals surface area (Å²) >= 11 is 1.40. The van der Waals surface area contributed by atoms with Crippen LogP contribution in [-0.2, 0) is 15.1 Å². The van der Waals surface area contributed by atoms with Gasteiger partial charge in [0.15, 0.2) is 11.4 Å². The second-order valence-corrected chi connectivity index (χ2v) is 9.80. The minimum Gasteiger partial charge on any atom is -0.497 e. The second kappa shape index (κ2) is 10.5. The van der Waals surface area contributed by atoms with E-state index in [0.29, 0.717) is 10.7 Å². The van der Waals surface area contributed by atoms with Gasteiger partial charge < -0.3 is 19.9 Å². The Bertz CT molecular complexity index is 1410. The van der Waals surface area contributed by atoms with Crippen LogP contribution in [0.25, 0.3) is 21.7 Å². The Hall–Kier alpha value is -3.77. The molecule has 2 aromatic carbocycles. The monoisotopic (exact) mass is 500 g/mol. The summed E-state index contributed by atoms with van der Waals surface area (Å²) in [5.74, 6) is 0.762. The Morgan fingerprint density at radius 3 is 2.42 bits per heavy atom. The molecule has 0 aliphatic carbocycles. The molecule has 0 bridgehead atoms. The third kappa shape index (κ3) is 5.39. The molecule has 4 aromatic rings. The van der Waals surface area contributed by atoms with Crippen LogP contribution in [0.1, 0.15) is 42.7 Å². The molecule has 2 aromatic heterocycles. The standard InChI is InChI=1S/C28H28N4O3S/c1-17-13-21(25-24(32-27(30)36-25)20-8-6-7-18(14-20)16-29)15-23(31-17)28(2,3)35-26(34-5)19-9-11-22(33-4)12-10-19/h6-15,26H,1-5H3,(H2,30,32). The number of nitrogens with two attached hydrogens (primary N) is 1. The molecule has 1 unspecified atom stereocenters. The second-order valence-electron chi connectivity index (χ2n) is 8.77. The Labute approximate surface area is 215 Å². The highest BCUT2D eigenvalue weighted by Gasteiger charge is 2.29. The lowest BCUT2D eigenvalue weighted by molar-refractivity contribution is -0.198. The van der Waals surface area contributed by atoms with Crippen molar-refractivity contribution in [3.05, 3.63) is 83.2 Å². The average Bonchev–Trinajstić information content (AvgIpc) is 3.28. The normalized spacial score (nSPS) is 12.2. The highest BCUT2D eigenvalue weighted by Crippen LogP contribution is 2.40. The van der Waals surface area contributed by atoms with Crippen molar-refractivity contribution in [3.63, 3.8) is 0 Å². The zero-order valence-corrected chi connectivity index (χ0v) is 21.7. The molecule has 7 nitrogen and oxygen atoms in total. The van der Waals surface area contributed by atoms with E-state index >= 15 is 0 Å². The summed E-state index contributed by atoms with van der Waals surface area (Å²) in [6.45, 7) is 5.87. The van der Waals surface area contributed by atoms with E-state index in [4.69, 9.17) is 24.9 Å². The van der Waals surface area contributed by atoms with E-state index in [-0.39, 0.29) is 0 Å². The Kier molecular flexibility index (Phi) is 7.36. The van der Waals surface area contributed by atoms with Gasteiger partial charge in [-0.15, -0.1) is 0 Å². The summed E-state index contributed by atoms with van der Waals surface area (Å²) in [6.07, 6.45) is -0.597. The molecular weight excluding hydrogens is 472 g/mol. The predicted molar refractivity (Wildman–Crippen MR) is 142 cm³/mol. The van der Waals surface area contributed by atoms with E-state index in [1.165, 1.54) is 11.3 Å². The van der Waals surface area contributed by atoms with Crippen molar-refractivity contribution in [3.8, 4) is 33.5 Å². The molecule has 0 saturated heterocycles. The fraction of sp³-hybridized carbons (Fsp3) is 0.250. The maximum atomic E-state index is 9.33. The lowest BCUT2D eigenvalue weighted by Gasteiger charge is -2.30. The molecule has 2 N–H and O–H groups in total. The lowest BCUT2D eigenvalue weighted by Crippen LogP contribution is -2.27. The number of rotatable bonds is 8. The maximum absolute atomic E-state index is 9.33. The molecule has 4 rings (SSSR count). The van der Waals surface area contributed by atoms with Gasteiger partial charge >= 0.3 is 0 Å². The van der Waals surface area contributed by atoms with Gasteiger partial charge in [0.05, 0.1) is 35.0 Å². The van der Waals surface area contributed by atoms with Gasteiger partial charge in [0.2, 0.25) is 0 Å². The fourth-order valence-corrected chi connectivity index (χ4v) is 4.76. The van der Waals surface area contributed by atoms with Crippen molar-refractivity contribution >= 4 is 16.5 Å². The topological polar surface area (TPSA) is 103 Å². The zero-order valence-electron chi connectivity index (χ0n) is 20.9. The quantitative estimate of drug-likeness (QED) is 0.286. The number of thiazole rings is 1. The van der Waals surface area contributed by atoms with Crippen LogP contribution in [0.15, 0.2) is 60.7 Å². The number of aromatic nitrogens is 2. The van der Waals surface area contributed by atoms with Gasteiger partial charge in [-0.05, 0) is 62.7 Å². The third-order valence-corrected chi connectivity index (χ3v) is 6.68. The van der Waals surface area contributed by atoms with Crippen LogP contribution in [-0.4, -0.2) is 24.2 Å². The van der Waals surface area contributed by atoms with E-state index in [1.54, 1.807) is 20.3 Å². The number of hydrogen-bond acceptors (Lipinski definition) is 8. The van der Waals surface area contributed by atoms with Crippen LogP contribution in [0.3, 0.4) is 0 Å².